The number of carbonyl (C=O) groups is 2. The molecule has 0 spiro atoms. The van der Waals surface area contributed by atoms with E-state index in [1.807, 2.05) is 48.5 Å². The van der Waals surface area contributed by atoms with E-state index >= 15 is 0 Å². The summed E-state index contributed by atoms with van der Waals surface area (Å²) in [7, 11) is 0. The largest absolute Gasteiger partial charge is 0.481 e. The van der Waals surface area contributed by atoms with Crippen molar-refractivity contribution in [2.24, 2.45) is 0 Å². The third-order valence-electron chi connectivity index (χ3n) is 5.62. The van der Waals surface area contributed by atoms with E-state index in [9.17, 15) is 9.59 Å². The maximum absolute atomic E-state index is 13.0. The Labute approximate surface area is 197 Å². The van der Waals surface area contributed by atoms with Gasteiger partial charge in [-0.2, -0.15) is 0 Å². The maximum atomic E-state index is 13.0. The summed E-state index contributed by atoms with van der Waals surface area (Å²) in [5, 5.41) is 2.87. The van der Waals surface area contributed by atoms with Crippen LogP contribution in [0.2, 0.25) is 0 Å². The molecule has 0 aliphatic carbocycles. The molecule has 0 bridgehead atoms. The van der Waals surface area contributed by atoms with Crippen molar-refractivity contribution in [3.05, 3.63) is 95.1 Å². The van der Waals surface area contributed by atoms with Crippen LogP contribution in [-0.4, -0.2) is 17.8 Å². The Morgan fingerprint density at radius 1 is 0.818 bits per heavy atom. The number of nitrogens with one attached hydrogen (secondary N) is 1. The molecule has 0 aliphatic heterocycles. The number of amides is 1. The number of para-hydroxylation sites is 1. The lowest BCUT2D eigenvalue weighted by Crippen LogP contribution is -2.30. The third-order valence-corrected chi connectivity index (χ3v) is 5.62. The van der Waals surface area contributed by atoms with Crippen LogP contribution in [0.15, 0.2) is 72.8 Å². The fourth-order valence-corrected chi connectivity index (χ4v) is 3.58. The molecule has 0 aromatic heterocycles. The van der Waals surface area contributed by atoms with Crippen LogP contribution in [0.4, 0.5) is 5.69 Å². The molecule has 0 saturated heterocycles. The van der Waals surface area contributed by atoms with Gasteiger partial charge in [0.1, 0.15) is 5.75 Å². The summed E-state index contributed by atoms with van der Waals surface area (Å²) in [6.45, 7) is 12.3. The first-order valence-electron chi connectivity index (χ1n) is 11.4. The molecule has 3 aromatic carbocycles. The van der Waals surface area contributed by atoms with E-state index in [1.165, 1.54) is 5.56 Å². The highest BCUT2D eigenvalue weighted by atomic mass is 16.5. The Hall–Kier alpha value is -3.40. The Morgan fingerprint density at radius 2 is 1.48 bits per heavy atom. The molecule has 0 fully saturated rings. The summed E-state index contributed by atoms with van der Waals surface area (Å²) in [5.74, 6) is 0.642. The zero-order chi connectivity index (χ0) is 24.2. The van der Waals surface area contributed by atoms with Gasteiger partial charge >= 0.3 is 0 Å². The molecule has 172 valence electrons. The van der Waals surface area contributed by atoms with Gasteiger partial charge in [0.15, 0.2) is 11.9 Å². The minimum atomic E-state index is -0.686. The van der Waals surface area contributed by atoms with E-state index in [0.717, 1.165) is 5.56 Å². The molecular weight excluding hydrogens is 410 g/mol. The molecule has 0 heterocycles. The van der Waals surface area contributed by atoms with Crippen LogP contribution >= 0.6 is 0 Å². The second kappa shape index (κ2) is 10.0. The second-order valence-corrected chi connectivity index (χ2v) is 9.68. The average molecular weight is 444 g/mol. The lowest BCUT2D eigenvalue weighted by Gasteiger charge is -2.19. The van der Waals surface area contributed by atoms with Gasteiger partial charge in [0, 0.05) is 16.8 Å². The highest BCUT2D eigenvalue weighted by Crippen LogP contribution is 2.27. The van der Waals surface area contributed by atoms with Gasteiger partial charge in [0.25, 0.3) is 5.91 Å². The van der Waals surface area contributed by atoms with E-state index in [1.54, 1.807) is 31.2 Å². The molecule has 1 amide bonds. The van der Waals surface area contributed by atoms with Gasteiger partial charge < -0.3 is 10.1 Å². The van der Waals surface area contributed by atoms with Crippen LogP contribution in [0.25, 0.3) is 0 Å². The first-order valence-corrected chi connectivity index (χ1v) is 11.4. The SMILES string of the molecule is CC(C)c1ccccc1O[C@@H](C)C(=O)Nc1cccc(C(=O)c2ccc(C(C)(C)C)cc2)c1. The summed E-state index contributed by atoms with van der Waals surface area (Å²) >= 11 is 0. The lowest BCUT2D eigenvalue weighted by atomic mass is 9.86. The predicted octanol–water partition coefficient (Wildman–Crippen LogP) is 6.74. The number of benzene rings is 3. The maximum Gasteiger partial charge on any atom is 0.265 e. The van der Waals surface area contributed by atoms with E-state index in [0.29, 0.717) is 22.6 Å². The van der Waals surface area contributed by atoms with Crippen LogP contribution in [0, 0.1) is 0 Å². The molecule has 4 nitrogen and oxygen atoms in total. The summed E-state index contributed by atoms with van der Waals surface area (Å²) in [4.78, 5) is 25.7. The van der Waals surface area contributed by atoms with Gasteiger partial charge in [0.05, 0.1) is 0 Å². The van der Waals surface area contributed by atoms with Crippen molar-refractivity contribution in [1.82, 2.24) is 0 Å². The van der Waals surface area contributed by atoms with Crippen molar-refractivity contribution >= 4 is 17.4 Å². The first-order chi connectivity index (χ1) is 15.6. The lowest BCUT2D eigenvalue weighted by molar-refractivity contribution is -0.122. The number of carbonyl (C=O) groups excluding carboxylic acids is 2. The standard InChI is InChI=1S/C29H33NO3/c1-19(2)25-12-7-8-13-26(25)33-20(3)28(32)30-24-11-9-10-22(18-24)27(31)21-14-16-23(17-15-21)29(4,5)6/h7-20H,1-6H3,(H,30,32)/t20-/m0/s1. The van der Waals surface area contributed by atoms with Crippen LogP contribution in [0.1, 0.15) is 74.5 Å². The second-order valence-electron chi connectivity index (χ2n) is 9.68. The van der Waals surface area contributed by atoms with Crippen LogP contribution < -0.4 is 10.1 Å². The van der Waals surface area contributed by atoms with Crippen LogP contribution in [0.3, 0.4) is 0 Å². The summed E-state index contributed by atoms with van der Waals surface area (Å²) in [5.41, 5.74) is 3.96. The predicted molar refractivity (Wildman–Crippen MR) is 134 cm³/mol. The van der Waals surface area contributed by atoms with Gasteiger partial charge in [-0.3, -0.25) is 9.59 Å². The zero-order valence-corrected chi connectivity index (χ0v) is 20.3. The number of hydrogen-bond acceptors (Lipinski definition) is 3. The number of ether oxygens (including phenoxy) is 1. The van der Waals surface area contributed by atoms with Gasteiger partial charge in [-0.05, 0) is 47.6 Å². The van der Waals surface area contributed by atoms with Gasteiger partial charge in [-0.1, -0.05) is 89.2 Å². The van der Waals surface area contributed by atoms with Crippen molar-refractivity contribution in [1.29, 1.82) is 0 Å². The minimum Gasteiger partial charge on any atom is -0.481 e. The smallest absolute Gasteiger partial charge is 0.265 e. The molecule has 0 radical (unpaired) electrons. The molecule has 4 heteroatoms. The van der Waals surface area contributed by atoms with Crippen molar-refractivity contribution < 1.29 is 14.3 Å². The summed E-state index contributed by atoms with van der Waals surface area (Å²) < 4.78 is 5.95. The van der Waals surface area contributed by atoms with Gasteiger partial charge in [-0.25, -0.2) is 0 Å². The van der Waals surface area contributed by atoms with Crippen LogP contribution in [-0.2, 0) is 10.2 Å². The normalized spacial score (nSPS) is 12.3. The quantitative estimate of drug-likeness (QED) is 0.411. The van der Waals surface area contributed by atoms with Crippen molar-refractivity contribution in [3.63, 3.8) is 0 Å². The summed E-state index contributed by atoms with van der Waals surface area (Å²) in [6.07, 6.45) is -0.686. The van der Waals surface area contributed by atoms with Crippen LogP contribution in [0.5, 0.6) is 5.75 Å². The molecule has 3 aromatic rings. The molecular formula is C29H33NO3. The molecule has 0 unspecified atom stereocenters. The molecule has 0 aliphatic rings. The van der Waals surface area contributed by atoms with Gasteiger partial charge in [-0.15, -0.1) is 0 Å². The number of ketones is 1. The minimum absolute atomic E-state index is 0.0280. The van der Waals surface area contributed by atoms with E-state index < -0.39 is 6.10 Å². The number of anilines is 1. The van der Waals surface area contributed by atoms with E-state index in [2.05, 4.69) is 39.9 Å². The van der Waals surface area contributed by atoms with Crippen molar-refractivity contribution in [3.8, 4) is 5.75 Å². The van der Waals surface area contributed by atoms with Crippen molar-refractivity contribution in [2.75, 3.05) is 5.32 Å². The Kier molecular flexibility index (Phi) is 7.37. The van der Waals surface area contributed by atoms with E-state index in [-0.39, 0.29) is 23.0 Å². The molecule has 1 atom stereocenters. The molecule has 3 rings (SSSR count). The zero-order valence-electron chi connectivity index (χ0n) is 20.3. The summed E-state index contributed by atoms with van der Waals surface area (Å²) in [6, 6.07) is 22.4. The molecule has 33 heavy (non-hydrogen) atoms. The Bertz CT molecular complexity index is 1120. The highest BCUT2D eigenvalue weighted by molar-refractivity contribution is 6.09. The Balaban J connectivity index is 1.70. The van der Waals surface area contributed by atoms with E-state index in [4.69, 9.17) is 4.74 Å². The Morgan fingerprint density at radius 3 is 2.12 bits per heavy atom. The topological polar surface area (TPSA) is 55.4 Å². The number of rotatable bonds is 7. The highest BCUT2D eigenvalue weighted by Gasteiger charge is 2.19. The third kappa shape index (κ3) is 6.10. The first kappa shape index (κ1) is 24.2. The monoisotopic (exact) mass is 443 g/mol. The fraction of sp³-hybridized carbons (Fsp3) is 0.310. The van der Waals surface area contributed by atoms with Gasteiger partial charge in [0.2, 0.25) is 0 Å². The molecule has 0 saturated carbocycles. The van der Waals surface area contributed by atoms with Crippen molar-refractivity contribution in [2.45, 2.75) is 59.0 Å². The fourth-order valence-electron chi connectivity index (χ4n) is 3.58. The number of hydrogen-bond donors (Lipinski definition) is 1. The average Bonchev–Trinajstić information content (AvgIpc) is 2.78. The molecule has 1 N–H and O–H groups in total.